The highest BCUT2D eigenvalue weighted by atomic mass is 35.5. The largest absolute Gasteiger partial charge is 0.353 e. The average Bonchev–Trinajstić information content (AvgIpc) is 3.06. The molecular weight excluding hydrogens is 355 g/mol. The molecule has 6 heteroatoms. The Labute approximate surface area is 157 Å². The fraction of sp³-hybridized carbons (Fsp3) is 0.368. The maximum Gasteiger partial charge on any atom is 0.146 e. The van der Waals surface area contributed by atoms with Gasteiger partial charge in [0, 0.05) is 48.5 Å². The molecule has 1 fully saturated rings. The number of anilines is 1. The summed E-state index contributed by atoms with van der Waals surface area (Å²) in [5.74, 6) is 0.794. The van der Waals surface area contributed by atoms with Crippen molar-refractivity contribution < 1.29 is 0 Å². The van der Waals surface area contributed by atoms with Crippen molar-refractivity contribution >= 4 is 29.0 Å². The molecule has 0 radical (unpaired) electrons. The van der Waals surface area contributed by atoms with Gasteiger partial charge < -0.3 is 4.90 Å². The molecule has 1 aliphatic heterocycles. The molecule has 4 rings (SSSR count). The molecule has 1 aromatic heterocycles. The summed E-state index contributed by atoms with van der Waals surface area (Å²) in [5, 5.41) is 10.8. The third kappa shape index (κ3) is 3.08. The fourth-order valence-electron chi connectivity index (χ4n) is 3.98. The van der Waals surface area contributed by atoms with E-state index in [0.717, 1.165) is 49.9 Å². The Hall–Kier alpha value is -1.80. The van der Waals surface area contributed by atoms with Crippen molar-refractivity contribution in [1.82, 2.24) is 9.88 Å². The zero-order chi connectivity index (χ0) is 17.4. The molecule has 0 N–H and O–H groups in total. The van der Waals surface area contributed by atoms with Gasteiger partial charge in [-0.2, -0.15) is 5.26 Å². The predicted octanol–water partition coefficient (Wildman–Crippen LogP) is 4.07. The van der Waals surface area contributed by atoms with Crippen molar-refractivity contribution in [2.24, 2.45) is 0 Å². The van der Waals surface area contributed by atoms with Gasteiger partial charge in [0.2, 0.25) is 0 Å². The highest BCUT2D eigenvalue weighted by Gasteiger charge is 2.32. The number of nitriles is 1. The van der Waals surface area contributed by atoms with Gasteiger partial charge in [0.15, 0.2) is 0 Å². The summed E-state index contributed by atoms with van der Waals surface area (Å²) in [5.41, 5.74) is 3.16. The van der Waals surface area contributed by atoms with Crippen LogP contribution in [0.5, 0.6) is 0 Å². The number of pyridine rings is 1. The van der Waals surface area contributed by atoms with E-state index in [1.165, 1.54) is 11.1 Å². The highest BCUT2D eigenvalue weighted by Crippen LogP contribution is 2.41. The molecule has 0 saturated carbocycles. The SMILES string of the molecule is N#Cc1cccnc1N1CCN([C@@H]2CCc3c(Cl)cc(Cl)cc32)CC1. The molecular formula is C19H18Cl2N4. The zero-order valence-electron chi connectivity index (χ0n) is 13.8. The number of aromatic nitrogens is 1. The Bertz CT molecular complexity index is 838. The summed E-state index contributed by atoms with van der Waals surface area (Å²) in [4.78, 5) is 9.11. The van der Waals surface area contributed by atoms with Crippen molar-refractivity contribution in [2.75, 3.05) is 31.1 Å². The molecule has 0 spiro atoms. The lowest BCUT2D eigenvalue weighted by Gasteiger charge is -2.39. The van der Waals surface area contributed by atoms with E-state index < -0.39 is 0 Å². The molecule has 1 saturated heterocycles. The summed E-state index contributed by atoms with van der Waals surface area (Å²) in [6.07, 6.45) is 3.84. The van der Waals surface area contributed by atoms with Crippen molar-refractivity contribution in [3.63, 3.8) is 0 Å². The summed E-state index contributed by atoms with van der Waals surface area (Å²) < 4.78 is 0. The predicted molar refractivity (Wildman–Crippen MR) is 100 cm³/mol. The van der Waals surface area contributed by atoms with Crippen LogP contribution in [0.25, 0.3) is 0 Å². The number of benzene rings is 1. The van der Waals surface area contributed by atoms with Gasteiger partial charge in [-0.15, -0.1) is 0 Å². The highest BCUT2D eigenvalue weighted by molar-refractivity contribution is 6.35. The van der Waals surface area contributed by atoms with Crippen LogP contribution >= 0.6 is 23.2 Å². The monoisotopic (exact) mass is 372 g/mol. The van der Waals surface area contributed by atoms with Gasteiger partial charge in [-0.05, 0) is 48.2 Å². The average molecular weight is 373 g/mol. The van der Waals surface area contributed by atoms with Gasteiger partial charge in [-0.1, -0.05) is 23.2 Å². The maximum absolute atomic E-state index is 9.28. The lowest BCUT2D eigenvalue weighted by molar-refractivity contribution is 0.185. The molecule has 2 heterocycles. The van der Waals surface area contributed by atoms with Gasteiger partial charge in [0.1, 0.15) is 11.9 Å². The van der Waals surface area contributed by atoms with E-state index in [4.69, 9.17) is 23.2 Å². The van der Waals surface area contributed by atoms with Crippen molar-refractivity contribution in [3.05, 3.63) is 57.2 Å². The molecule has 0 unspecified atom stereocenters. The molecule has 2 aromatic rings. The second-order valence-corrected chi connectivity index (χ2v) is 7.36. The van der Waals surface area contributed by atoms with Gasteiger partial charge in [-0.3, -0.25) is 4.90 Å². The van der Waals surface area contributed by atoms with Crippen molar-refractivity contribution in [1.29, 1.82) is 5.26 Å². The van der Waals surface area contributed by atoms with Crippen LogP contribution < -0.4 is 4.90 Å². The summed E-state index contributed by atoms with van der Waals surface area (Å²) in [6, 6.07) is 10.2. The molecule has 2 aliphatic rings. The summed E-state index contributed by atoms with van der Waals surface area (Å²) >= 11 is 12.6. The number of fused-ring (bicyclic) bond motifs is 1. The number of rotatable bonds is 2. The van der Waals surface area contributed by atoms with E-state index in [0.29, 0.717) is 16.6 Å². The maximum atomic E-state index is 9.28. The van der Waals surface area contributed by atoms with E-state index in [9.17, 15) is 5.26 Å². The number of halogens is 2. The van der Waals surface area contributed by atoms with Crippen LogP contribution in [-0.4, -0.2) is 36.1 Å². The second-order valence-electron chi connectivity index (χ2n) is 6.52. The lowest BCUT2D eigenvalue weighted by Crippen LogP contribution is -2.47. The van der Waals surface area contributed by atoms with E-state index in [1.807, 2.05) is 12.1 Å². The standard InChI is InChI=1S/C19H18Cl2N4/c20-14-10-16-15(17(21)11-14)3-4-18(16)24-6-8-25(9-7-24)19-13(12-22)2-1-5-23-19/h1-2,5,10-11,18H,3-4,6-9H2/t18-/m1/s1. The first kappa shape index (κ1) is 16.7. The van der Waals surface area contributed by atoms with Crippen LogP contribution in [0.2, 0.25) is 10.0 Å². The molecule has 0 bridgehead atoms. The molecule has 1 aromatic carbocycles. The molecule has 1 atom stereocenters. The number of hydrogen-bond donors (Lipinski definition) is 0. The zero-order valence-corrected chi connectivity index (χ0v) is 15.3. The first-order chi connectivity index (χ1) is 12.2. The van der Waals surface area contributed by atoms with E-state index in [-0.39, 0.29) is 0 Å². The third-order valence-electron chi connectivity index (χ3n) is 5.18. The normalized spacial score (nSPS) is 20.4. The first-order valence-electron chi connectivity index (χ1n) is 8.49. The van der Waals surface area contributed by atoms with Crippen LogP contribution in [0, 0.1) is 11.3 Å². The molecule has 25 heavy (non-hydrogen) atoms. The Morgan fingerprint density at radius 1 is 1.16 bits per heavy atom. The number of nitrogens with zero attached hydrogens (tertiary/aromatic N) is 4. The minimum Gasteiger partial charge on any atom is -0.353 e. The Balaban J connectivity index is 1.50. The third-order valence-corrected chi connectivity index (χ3v) is 5.74. The number of hydrogen-bond acceptors (Lipinski definition) is 4. The topological polar surface area (TPSA) is 43.2 Å². The minimum atomic E-state index is 0.382. The quantitative estimate of drug-likeness (QED) is 0.796. The molecule has 1 aliphatic carbocycles. The molecule has 128 valence electrons. The Kier molecular flexibility index (Phi) is 4.56. The minimum absolute atomic E-state index is 0.382. The van der Waals surface area contributed by atoms with Crippen LogP contribution in [0.3, 0.4) is 0 Å². The van der Waals surface area contributed by atoms with Crippen molar-refractivity contribution in [3.8, 4) is 6.07 Å². The molecule has 4 nitrogen and oxygen atoms in total. The van der Waals surface area contributed by atoms with Gasteiger partial charge >= 0.3 is 0 Å². The fourth-order valence-corrected chi connectivity index (χ4v) is 4.59. The lowest BCUT2D eigenvalue weighted by atomic mass is 10.1. The van der Waals surface area contributed by atoms with Crippen LogP contribution in [0.4, 0.5) is 5.82 Å². The van der Waals surface area contributed by atoms with Gasteiger partial charge in [-0.25, -0.2) is 4.98 Å². The second kappa shape index (κ2) is 6.84. The molecule has 0 amide bonds. The van der Waals surface area contributed by atoms with Crippen molar-refractivity contribution in [2.45, 2.75) is 18.9 Å². The summed E-state index contributed by atoms with van der Waals surface area (Å²) in [6.45, 7) is 3.61. The Morgan fingerprint density at radius 3 is 2.72 bits per heavy atom. The smallest absolute Gasteiger partial charge is 0.146 e. The van der Waals surface area contributed by atoms with Gasteiger partial charge in [0.05, 0.1) is 5.56 Å². The first-order valence-corrected chi connectivity index (χ1v) is 9.25. The van der Waals surface area contributed by atoms with Crippen LogP contribution in [0.1, 0.15) is 29.2 Å². The van der Waals surface area contributed by atoms with Gasteiger partial charge in [0.25, 0.3) is 0 Å². The van der Waals surface area contributed by atoms with E-state index in [1.54, 1.807) is 12.3 Å². The van der Waals surface area contributed by atoms with E-state index >= 15 is 0 Å². The Morgan fingerprint density at radius 2 is 1.96 bits per heavy atom. The van der Waals surface area contributed by atoms with Crippen LogP contribution in [-0.2, 0) is 6.42 Å². The summed E-state index contributed by atoms with van der Waals surface area (Å²) in [7, 11) is 0. The van der Waals surface area contributed by atoms with Crippen LogP contribution in [0.15, 0.2) is 30.5 Å². The number of piperazine rings is 1. The van der Waals surface area contributed by atoms with E-state index in [2.05, 4.69) is 26.9 Å².